The molecule has 1 N–H and O–H groups in total. The second-order valence-corrected chi connectivity index (χ2v) is 4.63. The minimum Gasteiger partial charge on any atom is -0.396 e. The molecule has 4 nitrogen and oxygen atoms in total. The molecular weight excluding hydrogens is 212 g/mol. The van der Waals surface area contributed by atoms with Crippen LogP contribution >= 0.6 is 11.3 Å². The number of fused-ring (bicyclic) bond motifs is 1. The van der Waals surface area contributed by atoms with Gasteiger partial charge in [0.05, 0.1) is 11.7 Å². The van der Waals surface area contributed by atoms with Crippen molar-refractivity contribution in [3.8, 4) is 0 Å². The van der Waals surface area contributed by atoms with E-state index in [9.17, 15) is 4.79 Å². The Balaban J connectivity index is 2.50. The maximum Gasteiger partial charge on any atom is 0.262 e. The number of aryl methyl sites for hydroxylation is 2. The summed E-state index contributed by atoms with van der Waals surface area (Å²) in [7, 11) is 0. The number of nitrogens with zero attached hydrogens (tertiary/aromatic N) is 2. The van der Waals surface area contributed by atoms with Gasteiger partial charge in [-0.25, -0.2) is 4.98 Å². The van der Waals surface area contributed by atoms with Crippen molar-refractivity contribution in [3.63, 3.8) is 0 Å². The maximum atomic E-state index is 11.9. The zero-order valence-electron chi connectivity index (χ0n) is 8.43. The number of thiophene rings is 1. The van der Waals surface area contributed by atoms with Gasteiger partial charge in [-0.1, -0.05) is 0 Å². The van der Waals surface area contributed by atoms with Crippen LogP contribution < -0.4 is 5.56 Å². The second-order valence-electron chi connectivity index (χ2n) is 3.40. The molecule has 0 radical (unpaired) electrons. The molecule has 0 aromatic carbocycles. The molecule has 0 aliphatic carbocycles. The van der Waals surface area contributed by atoms with E-state index in [1.165, 1.54) is 11.3 Å². The highest BCUT2D eigenvalue weighted by atomic mass is 32.1. The maximum absolute atomic E-state index is 11.9. The van der Waals surface area contributed by atoms with Crippen molar-refractivity contribution in [2.24, 2.45) is 0 Å². The first-order chi connectivity index (χ1) is 7.22. The first-order valence-corrected chi connectivity index (χ1v) is 5.60. The molecule has 2 aromatic heterocycles. The highest BCUT2D eigenvalue weighted by molar-refractivity contribution is 7.18. The van der Waals surface area contributed by atoms with E-state index in [-0.39, 0.29) is 12.2 Å². The third-order valence-corrected chi connectivity index (χ3v) is 3.16. The van der Waals surface area contributed by atoms with Gasteiger partial charge >= 0.3 is 0 Å². The fourth-order valence-corrected chi connectivity index (χ4v) is 2.32. The molecule has 0 atom stereocenters. The average Bonchev–Trinajstić information content (AvgIpc) is 2.59. The topological polar surface area (TPSA) is 55.1 Å². The van der Waals surface area contributed by atoms with Crippen molar-refractivity contribution in [1.82, 2.24) is 9.55 Å². The molecule has 5 heteroatoms. The number of hydrogen-bond donors (Lipinski definition) is 1. The molecule has 0 spiro atoms. The van der Waals surface area contributed by atoms with Gasteiger partial charge in [0.2, 0.25) is 0 Å². The number of aliphatic hydroxyl groups is 1. The third-order valence-electron chi connectivity index (χ3n) is 2.20. The first kappa shape index (κ1) is 10.3. The molecule has 2 rings (SSSR count). The minimum atomic E-state index is -0.0159. The lowest BCUT2D eigenvalue weighted by Crippen LogP contribution is -2.20. The lowest BCUT2D eigenvalue weighted by molar-refractivity contribution is 0.279. The zero-order valence-corrected chi connectivity index (χ0v) is 9.25. The van der Waals surface area contributed by atoms with Gasteiger partial charge in [-0.15, -0.1) is 11.3 Å². The van der Waals surface area contributed by atoms with Gasteiger partial charge < -0.3 is 5.11 Å². The molecule has 0 amide bonds. The molecule has 0 bridgehead atoms. The quantitative estimate of drug-likeness (QED) is 0.850. The highest BCUT2D eigenvalue weighted by Crippen LogP contribution is 2.19. The fourth-order valence-electron chi connectivity index (χ4n) is 1.48. The average molecular weight is 224 g/mol. The molecule has 0 saturated heterocycles. The standard InChI is InChI=1S/C10H12N2O2S/c1-7-5-8-9(15-7)11-6-12(10(8)14)3-2-4-13/h5-6,13H,2-4H2,1H3. The van der Waals surface area contributed by atoms with Gasteiger partial charge in [0.1, 0.15) is 4.83 Å². The van der Waals surface area contributed by atoms with Crippen LogP contribution in [-0.2, 0) is 6.54 Å². The van der Waals surface area contributed by atoms with Crippen LogP contribution in [0.25, 0.3) is 10.2 Å². The van der Waals surface area contributed by atoms with Crippen molar-refractivity contribution in [3.05, 3.63) is 27.6 Å². The van der Waals surface area contributed by atoms with Crippen molar-refractivity contribution in [1.29, 1.82) is 0 Å². The normalized spacial score (nSPS) is 11.1. The summed E-state index contributed by atoms with van der Waals surface area (Å²) in [6.07, 6.45) is 2.13. The fraction of sp³-hybridized carbons (Fsp3) is 0.400. The smallest absolute Gasteiger partial charge is 0.262 e. The minimum absolute atomic E-state index is 0.0159. The van der Waals surface area contributed by atoms with Crippen LogP contribution in [-0.4, -0.2) is 21.3 Å². The lowest BCUT2D eigenvalue weighted by Gasteiger charge is -2.02. The third kappa shape index (κ3) is 1.93. The lowest BCUT2D eigenvalue weighted by atomic mass is 10.3. The molecule has 15 heavy (non-hydrogen) atoms. The summed E-state index contributed by atoms with van der Waals surface area (Å²) in [6, 6.07) is 1.87. The van der Waals surface area contributed by atoms with Crippen molar-refractivity contribution in [2.45, 2.75) is 19.9 Å². The van der Waals surface area contributed by atoms with Gasteiger partial charge in [0.25, 0.3) is 5.56 Å². The van der Waals surface area contributed by atoms with E-state index in [0.29, 0.717) is 18.4 Å². The monoisotopic (exact) mass is 224 g/mol. The van der Waals surface area contributed by atoms with E-state index >= 15 is 0 Å². The molecule has 80 valence electrons. The summed E-state index contributed by atoms with van der Waals surface area (Å²) >= 11 is 1.53. The Bertz CT molecular complexity index is 530. The largest absolute Gasteiger partial charge is 0.396 e. The molecule has 0 aliphatic rings. The van der Waals surface area contributed by atoms with Crippen molar-refractivity contribution >= 4 is 21.6 Å². The molecule has 2 heterocycles. The molecule has 0 unspecified atom stereocenters. The summed E-state index contributed by atoms with van der Waals surface area (Å²) in [5.74, 6) is 0. The highest BCUT2D eigenvalue weighted by Gasteiger charge is 2.06. The Morgan fingerprint density at radius 1 is 1.60 bits per heavy atom. The number of hydrogen-bond acceptors (Lipinski definition) is 4. The summed E-state index contributed by atoms with van der Waals surface area (Å²) in [5.41, 5.74) is -0.0159. The Kier molecular flexibility index (Phi) is 2.83. The molecule has 2 aromatic rings. The van der Waals surface area contributed by atoms with E-state index in [4.69, 9.17) is 5.11 Å². The molecular formula is C10H12N2O2S. The number of rotatable bonds is 3. The summed E-state index contributed by atoms with van der Waals surface area (Å²) in [5, 5.41) is 9.38. The van der Waals surface area contributed by atoms with Crippen LogP contribution in [0, 0.1) is 6.92 Å². The summed E-state index contributed by atoms with van der Waals surface area (Å²) < 4.78 is 1.55. The van der Waals surface area contributed by atoms with Crippen LogP contribution in [0.2, 0.25) is 0 Å². The Morgan fingerprint density at radius 3 is 3.13 bits per heavy atom. The van der Waals surface area contributed by atoms with Crippen LogP contribution in [0.3, 0.4) is 0 Å². The number of aliphatic hydroxyl groups excluding tert-OH is 1. The predicted octanol–water partition coefficient (Wildman–Crippen LogP) is 1.15. The Morgan fingerprint density at radius 2 is 2.40 bits per heavy atom. The van der Waals surface area contributed by atoms with Gasteiger partial charge in [-0.3, -0.25) is 9.36 Å². The van der Waals surface area contributed by atoms with E-state index < -0.39 is 0 Å². The summed E-state index contributed by atoms with van der Waals surface area (Å²) in [6.45, 7) is 2.57. The molecule has 0 saturated carbocycles. The van der Waals surface area contributed by atoms with Crippen LogP contribution in [0.5, 0.6) is 0 Å². The van der Waals surface area contributed by atoms with Crippen molar-refractivity contribution in [2.75, 3.05) is 6.61 Å². The first-order valence-electron chi connectivity index (χ1n) is 4.79. The Labute approximate surface area is 90.8 Å². The van der Waals surface area contributed by atoms with Crippen LogP contribution in [0.15, 0.2) is 17.2 Å². The van der Waals surface area contributed by atoms with Crippen LogP contribution in [0.1, 0.15) is 11.3 Å². The zero-order chi connectivity index (χ0) is 10.8. The van der Waals surface area contributed by atoms with E-state index in [2.05, 4.69) is 4.98 Å². The van der Waals surface area contributed by atoms with Gasteiger partial charge in [-0.05, 0) is 19.4 Å². The van der Waals surface area contributed by atoms with Crippen molar-refractivity contribution < 1.29 is 5.11 Å². The van der Waals surface area contributed by atoms with E-state index in [0.717, 1.165) is 9.71 Å². The van der Waals surface area contributed by atoms with Crippen LogP contribution in [0.4, 0.5) is 0 Å². The van der Waals surface area contributed by atoms with Gasteiger partial charge in [-0.2, -0.15) is 0 Å². The van der Waals surface area contributed by atoms with E-state index in [1.54, 1.807) is 10.9 Å². The Hall–Kier alpha value is -1.20. The number of aromatic nitrogens is 2. The SMILES string of the molecule is Cc1cc2c(=O)n(CCCO)cnc2s1. The summed E-state index contributed by atoms with van der Waals surface area (Å²) in [4.78, 5) is 18.0. The van der Waals surface area contributed by atoms with Gasteiger partial charge in [0.15, 0.2) is 0 Å². The van der Waals surface area contributed by atoms with E-state index in [1.807, 2.05) is 13.0 Å². The predicted molar refractivity (Wildman–Crippen MR) is 60.3 cm³/mol. The molecule has 0 fully saturated rings. The second kappa shape index (κ2) is 4.12. The van der Waals surface area contributed by atoms with Gasteiger partial charge in [0, 0.05) is 18.0 Å². The molecule has 0 aliphatic heterocycles.